The summed E-state index contributed by atoms with van der Waals surface area (Å²) in [4.78, 5) is 11.1. The van der Waals surface area contributed by atoms with Crippen molar-refractivity contribution >= 4 is 16.0 Å². The Balaban J connectivity index is 2.46. The quantitative estimate of drug-likeness (QED) is 0.690. The highest BCUT2D eigenvalue weighted by atomic mass is 32.2. The maximum absolute atomic E-state index is 11.8. The number of aliphatic hydroxyl groups is 1. The second-order valence-electron chi connectivity index (χ2n) is 4.90. The average Bonchev–Trinajstić information content (AvgIpc) is 2.22. The van der Waals surface area contributed by atoms with Gasteiger partial charge in [0, 0.05) is 13.1 Å². The minimum atomic E-state index is -3.47. The maximum atomic E-state index is 11.8. The molecule has 0 atom stereocenters. The third kappa shape index (κ3) is 3.43. The molecule has 0 spiro atoms. The van der Waals surface area contributed by atoms with E-state index in [0.717, 1.165) is 0 Å². The van der Waals surface area contributed by atoms with Gasteiger partial charge in [0.1, 0.15) is 0 Å². The lowest BCUT2D eigenvalue weighted by molar-refractivity contribution is -0.142. The van der Waals surface area contributed by atoms with Gasteiger partial charge in [-0.05, 0) is 12.8 Å². The summed E-state index contributed by atoms with van der Waals surface area (Å²) in [6.07, 6.45) is -0.146. The van der Waals surface area contributed by atoms with Crippen LogP contribution in [0, 0.1) is 5.92 Å². The molecule has 106 valence electrons. The first-order chi connectivity index (χ1) is 8.21. The SMILES string of the molecule is CCOC(=O)CCS(=O)(=O)N1CC(O)(C(C)C)C1. The van der Waals surface area contributed by atoms with Gasteiger partial charge in [0.15, 0.2) is 0 Å². The highest BCUT2D eigenvalue weighted by molar-refractivity contribution is 7.89. The van der Waals surface area contributed by atoms with Crippen LogP contribution in [0.1, 0.15) is 27.2 Å². The molecule has 0 amide bonds. The predicted octanol–water partition coefficient (Wildman–Crippen LogP) is -0.0279. The van der Waals surface area contributed by atoms with Crippen LogP contribution < -0.4 is 0 Å². The summed E-state index contributed by atoms with van der Waals surface area (Å²) in [6, 6.07) is 0. The summed E-state index contributed by atoms with van der Waals surface area (Å²) in [5.74, 6) is -0.769. The number of nitrogens with zero attached hydrogens (tertiary/aromatic N) is 1. The number of hydrogen-bond acceptors (Lipinski definition) is 5. The zero-order valence-electron chi connectivity index (χ0n) is 11.0. The number of esters is 1. The van der Waals surface area contributed by atoms with Gasteiger partial charge in [-0.2, -0.15) is 4.31 Å². The van der Waals surface area contributed by atoms with E-state index in [1.807, 2.05) is 13.8 Å². The van der Waals surface area contributed by atoms with E-state index in [0.29, 0.717) is 0 Å². The van der Waals surface area contributed by atoms with E-state index < -0.39 is 21.6 Å². The van der Waals surface area contributed by atoms with Gasteiger partial charge in [0.25, 0.3) is 0 Å². The number of rotatable bonds is 6. The van der Waals surface area contributed by atoms with Gasteiger partial charge < -0.3 is 9.84 Å². The Morgan fingerprint density at radius 3 is 2.44 bits per heavy atom. The van der Waals surface area contributed by atoms with Gasteiger partial charge in [0.05, 0.1) is 24.4 Å². The minimum absolute atomic E-state index is 0.00834. The van der Waals surface area contributed by atoms with Crippen molar-refractivity contribution in [1.82, 2.24) is 4.31 Å². The van der Waals surface area contributed by atoms with E-state index in [9.17, 15) is 18.3 Å². The first kappa shape index (κ1) is 15.4. The van der Waals surface area contributed by atoms with E-state index in [1.54, 1.807) is 6.92 Å². The lowest BCUT2D eigenvalue weighted by atomic mass is 9.85. The monoisotopic (exact) mass is 279 g/mol. The lowest BCUT2D eigenvalue weighted by Gasteiger charge is -2.47. The van der Waals surface area contributed by atoms with Crippen molar-refractivity contribution in [3.8, 4) is 0 Å². The van der Waals surface area contributed by atoms with Gasteiger partial charge in [-0.25, -0.2) is 8.42 Å². The van der Waals surface area contributed by atoms with Crippen molar-refractivity contribution < 1.29 is 23.1 Å². The first-order valence-electron chi connectivity index (χ1n) is 6.07. The molecular weight excluding hydrogens is 258 g/mol. The Labute approximate surface area is 108 Å². The third-order valence-corrected chi connectivity index (χ3v) is 5.00. The van der Waals surface area contributed by atoms with Crippen molar-refractivity contribution in [2.45, 2.75) is 32.8 Å². The Morgan fingerprint density at radius 1 is 1.44 bits per heavy atom. The lowest BCUT2D eigenvalue weighted by Crippen LogP contribution is -2.66. The molecule has 0 unspecified atom stereocenters. The van der Waals surface area contributed by atoms with Gasteiger partial charge in [0.2, 0.25) is 10.0 Å². The number of ether oxygens (including phenoxy) is 1. The molecule has 1 saturated heterocycles. The molecule has 1 aliphatic rings. The van der Waals surface area contributed by atoms with Crippen molar-refractivity contribution in [3.05, 3.63) is 0 Å². The molecule has 7 heteroatoms. The molecule has 1 heterocycles. The molecule has 0 aromatic rings. The van der Waals surface area contributed by atoms with Gasteiger partial charge in [-0.15, -0.1) is 0 Å². The van der Waals surface area contributed by atoms with E-state index in [-0.39, 0.29) is 37.8 Å². The number of β-amino-alcohol motifs (C(OH)–C–C–N with tert-alkyl or cyclic N) is 1. The molecule has 0 aromatic carbocycles. The van der Waals surface area contributed by atoms with Crippen LogP contribution in [0.4, 0.5) is 0 Å². The zero-order chi connectivity index (χ0) is 14.0. The van der Waals surface area contributed by atoms with Gasteiger partial charge >= 0.3 is 5.97 Å². The molecule has 1 N–H and O–H groups in total. The third-order valence-electron chi connectivity index (χ3n) is 3.24. The number of hydrogen-bond donors (Lipinski definition) is 1. The van der Waals surface area contributed by atoms with Crippen LogP contribution in [0.2, 0.25) is 0 Å². The fourth-order valence-electron chi connectivity index (χ4n) is 1.70. The second kappa shape index (κ2) is 5.54. The van der Waals surface area contributed by atoms with Gasteiger partial charge in [-0.3, -0.25) is 4.79 Å². The number of carbonyl (C=O) groups is 1. The maximum Gasteiger partial charge on any atom is 0.306 e. The first-order valence-corrected chi connectivity index (χ1v) is 7.68. The molecule has 1 fully saturated rings. The van der Waals surface area contributed by atoms with E-state index >= 15 is 0 Å². The van der Waals surface area contributed by atoms with Crippen molar-refractivity contribution in [3.63, 3.8) is 0 Å². The van der Waals surface area contributed by atoms with Crippen LogP contribution in [0.3, 0.4) is 0 Å². The highest BCUT2D eigenvalue weighted by Gasteiger charge is 2.48. The molecule has 0 aliphatic carbocycles. The molecule has 1 aliphatic heterocycles. The molecule has 0 bridgehead atoms. The summed E-state index contributed by atoms with van der Waals surface area (Å²) in [7, 11) is -3.47. The second-order valence-corrected chi connectivity index (χ2v) is 6.99. The summed E-state index contributed by atoms with van der Waals surface area (Å²) in [5, 5.41) is 9.98. The Kier molecular flexibility index (Phi) is 4.74. The van der Waals surface area contributed by atoms with E-state index in [1.165, 1.54) is 4.31 Å². The molecule has 0 aromatic heterocycles. The van der Waals surface area contributed by atoms with Crippen LogP contribution >= 0.6 is 0 Å². The predicted molar refractivity (Wildman–Crippen MR) is 66.4 cm³/mol. The van der Waals surface area contributed by atoms with Crippen LogP contribution in [0.25, 0.3) is 0 Å². The fraction of sp³-hybridized carbons (Fsp3) is 0.909. The van der Waals surface area contributed by atoms with Crippen molar-refractivity contribution in [1.29, 1.82) is 0 Å². The Bertz CT molecular complexity index is 398. The Hall–Kier alpha value is -0.660. The molecule has 6 nitrogen and oxygen atoms in total. The van der Waals surface area contributed by atoms with Crippen LogP contribution in [-0.2, 0) is 19.6 Å². The zero-order valence-corrected chi connectivity index (χ0v) is 11.9. The van der Waals surface area contributed by atoms with Crippen LogP contribution in [-0.4, -0.2) is 54.8 Å². The van der Waals surface area contributed by atoms with Crippen LogP contribution in [0.15, 0.2) is 0 Å². The summed E-state index contributed by atoms with van der Waals surface area (Å²) >= 11 is 0. The fourth-order valence-corrected chi connectivity index (χ4v) is 3.22. The summed E-state index contributed by atoms with van der Waals surface area (Å²) < 4.78 is 29.6. The van der Waals surface area contributed by atoms with Crippen molar-refractivity contribution in [2.24, 2.45) is 5.92 Å². The minimum Gasteiger partial charge on any atom is -0.466 e. The molecule has 18 heavy (non-hydrogen) atoms. The van der Waals surface area contributed by atoms with Gasteiger partial charge in [-0.1, -0.05) is 13.8 Å². The average molecular weight is 279 g/mol. The standard InChI is InChI=1S/C11H21NO5S/c1-4-17-10(13)5-6-18(15,16)12-7-11(14,8-12)9(2)3/h9,14H,4-8H2,1-3H3. The molecule has 0 saturated carbocycles. The largest absolute Gasteiger partial charge is 0.466 e. The molecule has 0 radical (unpaired) electrons. The normalized spacial score (nSPS) is 19.6. The highest BCUT2D eigenvalue weighted by Crippen LogP contribution is 2.30. The number of carbonyl (C=O) groups excluding carboxylic acids is 1. The topological polar surface area (TPSA) is 83.9 Å². The van der Waals surface area contributed by atoms with Crippen molar-refractivity contribution in [2.75, 3.05) is 25.4 Å². The Morgan fingerprint density at radius 2 is 2.00 bits per heavy atom. The van der Waals surface area contributed by atoms with E-state index in [2.05, 4.69) is 4.74 Å². The molecular formula is C11H21NO5S. The smallest absolute Gasteiger partial charge is 0.306 e. The molecule has 1 rings (SSSR count). The summed E-state index contributed by atoms with van der Waals surface area (Å²) in [5.41, 5.74) is -0.934. The van der Waals surface area contributed by atoms with E-state index in [4.69, 9.17) is 0 Å². The summed E-state index contributed by atoms with van der Waals surface area (Å²) in [6.45, 7) is 5.83. The van der Waals surface area contributed by atoms with Crippen LogP contribution in [0.5, 0.6) is 0 Å². The number of sulfonamides is 1.